The first-order chi connectivity index (χ1) is 11.3. The van der Waals surface area contributed by atoms with Gasteiger partial charge in [-0.3, -0.25) is 14.9 Å². The Hall–Kier alpha value is -1.93. The summed E-state index contributed by atoms with van der Waals surface area (Å²) in [6.45, 7) is 0.0577. The van der Waals surface area contributed by atoms with Crippen molar-refractivity contribution >= 4 is 39.3 Å². The molecular formula is C16H14BrFN2O3S. The van der Waals surface area contributed by atoms with E-state index in [0.717, 1.165) is 0 Å². The molecule has 2 aromatic carbocycles. The van der Waals surface area contributed by atoms with Crippen molar-refractivity contribution < 1.29 is 14.1 Å². The lowest BCUT2D eigenvalue weighted by atomic mass is 10.1. The van der Waals surface area contributed by atoms with Crippen molar-refractivity contribution in [3.05, 3.63) is 67.9 Å². The molecular weight excluding hydrogens is 399 g/mol. The van der Waals surface area contributed by atoms with Crippen molar-refractivity contribution in [2.45, 2.75) is 11.4 Å². The average molecular weight is 413 g/mol. The van der Waals surface area contributed by atoms with Gasteiger partial charge in [-0.25, -0.2) is 4.39 Å². The smallest absolute Gasteiger partial charge is 0.283 e. The van der Waals surface area contributed by atoms with Gasteiger partial charge >= 0.3 is 0 Å². The number of nitro benzene ring substituents is 1. The number of thioether (sulfide) groups is 1. The maximum Gasteiger partial charge on any atom is 0.283 e. The van der Waals surface area contributed by atoms with E-state index in [1.807, 2.05) is 0 Å². The fourth-order valence-electron chi connectivity index (χ4n) is 2.18. The van der Waals surface area contributed by atoms with Crippen molar-refractivity contribution in [2.75, 3.05) is 13.3 Å². The second-order valence-electron chi connectivity index (χ2n) is 5.04. The summed E-state index contributed by atoms with van der Waals surface area (Å²) >= 11 is 4.50. The molecule has 0 radical (unpaired) electrons. The molecule has 0 atom stereocenters. The predicted molar refractivity (Wildman–Crippen MR) is 94.8 cm³/mol. The lowest BCUT2D eigenvalue weighted by molar-refractivity contribution is -0.387. The Morgan fingerprint density at radius 2 is 2.04 bits per heavy atom. The molecule has 5 nitrogen and oxygen atoms in total. The zero-order valence-electron chi connectivity index (χ0n) is 13.0. The topological polar surface area (TPSA) is 63.5 Å². The van der Waals surface area contributed by atoms with Crippen LogP contribution in [0.5, 0.6) is 0 Å². The predicted octanol–water partition coefficient (Wildman–Crippen LogP) is 4.49. The van der Waals surface area contributed by atoms with Gasteiger partial charge in [-0.2, -0.15) is 0 Å². The van der Waals surface area contributed by atoms with E-state index in [1.54, 1.807) is 24.5 Å². The normalized spacial score (nSPS) is 10.5. The van der Waals surface area contributed by atoms with Crippen LogP contribution in [0, 0.1) is 15.9 Å². The summed E-state index contributed by atoms with van der Waals surface area (Å²) < 4.78 is 14.5. The first kappa shape index (κ1) is 18.4. The van der Waals surface area contributed by atoms with Crippen LogP contribution < -0.4 is 0 Å². The molecule has 0 aromatic heterocycles. The van der Waals surface area contributed by atoms with E-state index in [1.165, 1.54) is 41.9 Å². The number of halogens is 2. The molecule has 0 bridgehead atoms. The molecule has 0 heterocycles. The quantitative estimate of drug-likeness (QED) is 0.412. The van der Waals surface area contributed by atoms with Crippen molar-refractivity contribution in [3.8, 4) is 0 Å². The van der Waals surface area contributed by atoms with Crippen LogP contribution in [0.4, 0.5) is 10.1 Å². The van der Waals surface area contributed by atoms with Crippen LogP contribution in [0.1, 0.15) is 15.9 Å². The monoisotopic (exact) mass is 412 g/mol. The second kappa shape index (κ2) is 7.76. The molecule has 0 aliphatic rings. The van der Waals surface area contributed by atoms with E-state index in [9.17, 15) is 19.3 Å². The third-order valence-electron chi connectivity index (χ3n) is 3.38. The van der Waals surface area contributed by atoms with Crippen molar-refractivity contribution in [1.29, 1.82) is 0 Å². The fourth-order valence-corrected chi connectivity index (χ4v) is 3.13. The molecule has 0 N–H and O–H groups in total. The molecule has 8 heteroatoms. The molecule has 0 fully saturated rings. The molecule has 126 valence electrons. The van der Waals surface area contributed by atoms with Gasteiger partial charge in [-0.15, -0.1) is 11.8 Å². The summed E-state index contributed by atoms with van der Waals surface area (Å²) in [6, 6.07) is 8.82. The molecule has 0 aliphatic carbocycles. The average Bonchev–Trinajstić information content (AvgIpc) is 2.56. The van der Waals surface area contributed by atoms with Crippen LogP contribution in [0.15, 0.2) is 45.8 Å². The highest BCUT2D eigenvalue weighted by Gasteiger charge is 2.20. The standard InChI is InChI=1S/C16H14BrFN2O3S/c1-19(9-11-7-12(17)4-5-13(11)18)16(21)10-3-6-15(24-2)14(8-10)20(22)23/h3-8H,9H2,1-2H3. The minimum atomic E-state index is -0.517. The van der Waals surface area contributed by atoms with Crippen LogP contribution in [0.3, 0.4) is 0 Å². The summed E-state index contributed by atoms with van der Waals surface area (Å²) in [5, 5.41) is 11.1. The number of amides is 1. The van der Waals surface area contributed by atoms with Crippen LogP contribution in [0.2, 0.25) is 0 Å². The maximum absolute atomic E-state index is 13.8. The van der Waals surface area contributed by atoms with Gasteiger partial charge in [-0.1, -0.05) is 15.9 Å². The molecule has 0 saturated heterocycles. The van der Waals surface area contributed by atoms with Gasteiger partial charge in [0.2, 0.25) is 0 Å². The molecule has 0 aliphatic heterocycles. The Bertz CT molecular complexity index is 801. The van der Waals surface area contributed by atoms with Gasteiger partial charge < -0.3 is 4.90 Å². The van der Waals surface area contributed by atoms with Crippen molar-refractivity contribution in [2.24, 2.45) is 0 Å². The van der Waals surface area contributed by atoms with E-state index >= 15 is 0 Å². The number of carbonyl (C=O) groups is 1. The Morgan fingerprint density at radius 1 is 1.33 bits per heavy atom. The zero-order chi connectivity index (χ0) is 17.9. The van der Waals surface area contributed by atoms with Crippen LogP contribution in [-0.4, -0.2) is 29.0 Å². The number of hydrogen-bond acceptors (Lipinski definition) is 4. The Balaban J connectivity index is 2.26. The number of benzene rings is 2. The fraction of sp³-hybridized carbons (Fsp3) is 0.188. The zero-order valence-corrected chi connectivity index (χ0v) is 15.4. The Labute approximate surface area is 151 Å². The minimum Gasteiger partial charge on any atom is -0.337 e. The highest BCUT2D eigenvalue weighted by molar-refractivity contribution is 9.10. The van der Waals surface area contributed by atoms with Crippen molar-refractivity contribution in [1.82, 2.24) is 4.90 Å². The van der Waals surface area contributed by atoms with Crippen LogP contribution in [0.25, 0.3) is 0 Å². The van der Waals surface area contributed by atoms with E-state index < -0.39 is 16.6 Å². The Morgan fingerprint density at radius 3 is 2.67 bits per heavy atom. The summed E-state index contributed by atoms with van der Waals surface area (Å²) in [6.07, 6.45) is 1.73. The number of hydrogen-bond donors (Lipinski definition) is 0. The molecule has 2 aromatic rings. The molecule has 1 amide bonds. The third-order valence-corrected chi connectivity index (χ3v) is 4.66. The highest BCUT2D eigenvalue weighted by atomic mass is 79.9. The maximum atomic E-state index is 13.8. The molecule has 24 heavy (non-hydrogen) atoms. The van der Waals surface area contributed by atoms with Gasteiger partial charge in [0, 0.05) is 35.3 Å². The number of nitrogens with zero attached hydrogens (tertiary/aromatic N) is 2. The largest absolute Gasteiger partial charge is 0.337 e. The number of carbonyl (C=O) groups excluding carboxylic acids is 1. The van der Waals surface area contributed by atoms with E-state index in [4.69, 9.17) is 0 Å². The highest BCUT2D eigenvalue weighted by Crippen LogP contribution is 2.29. The van der Waals surface area contributed by atoms with Gasteiger partial charge in [0.05, 0.1) is 9.82 Å². The van der Waals surface area contributed by atoms with E-state index in [-0.39, 0.29) is 17.8 Å². The number of nitro groups is 1. The van der Waals surface area contributed by atoms with Crippen LogP contribution >= 0.6 is 27.7 Å². The van der Waals surface area contributed by atoms with Gasteiger partial charge in [0.25, 0.3) is 11.6 Å². The Kier molecular flexibility index (Phi) is 5.95. The molecule has 0 spiro atoms. The summed E-state index contributed by atoms with van der Waals surface area (Å²) in [5.74, 6) is -0.827. The van der Waals surface area contributed by atoms with Gasteiger partial charge in [0.1, 0.15) is 5.82 Å². The first-order valence-corrected chi connectivity index (χ1v) is 8.87. The van der Waals surface area contributed by atoms with Crippen LogP contribution in [-0.2, 0) is 6.54 Å². The second-order valence-corrected chi connectivity index (χ2v) is 6.80. The summed E-state index contributed by atoms with van der Waals surface area (Å²) in [5.41, 5.74) is 0.434. The van der Waals surface area contributed by atoms with Gasteiger partial charge in [-0.05, 0) is 36.6 Å². The summed E-state index contributed by atoms with van der Waals surface area (Å²) in [7, 11) is 1.52. The lowest BCUT2D eigenvalue weighted by Gasteiger charge is -2.18. The van der Waals surface area contributed by atoms with Crippen molar-refractivity contribution in [3.63, 3.8) is 0 Å². The van der Waals surface area contributed by atoms with Gasteiger partial charge in [0.15, 0.2) is 0 Å². The molecule has 2 rings (SSSR count). The van der Waals surface area contributed by atoms with E-state index in [0.29, 0.717) is 14.9 Å². The SMILES string of the molecule is CSc1ccc(C(=O)N(C)Cc2cc(Br)ccc2F)cc1[N+](=O)[O-]. The molecule has 0 unspecified atom stereocenters. The van der Waals surface area contributed by atoms with E-state index in [2.05, 4.69) is 15.9 Å². The summed E-state index contributed by atoms with van der Waals surface area (Å²) in [4.78, 5) is 24.9. The molecule has 0 saturated carbocycles. The lowest BCUT2D eigenvalue weighted by Crippen LogP contribution is -2.26. The first-order valence-electron chi connectivity index (χ1n) is 6.85. The number of rotatable bonds is 5. The third kappa shape index (κ3) is 4.12. The minimum absolute atomic E-state index is 0.0577.